The molecule has 0 saturated heterocycles. The van der Waals surface area contributed by atoms with Crippen LogP contribution in [0.2, 0.25) is 0 Å². The third kappa shape index (κ3) is 2.54. The van der Waals surface area contributed by atoms with Gasteiger partial charge in [-0.3, -0.25) is 4.57 Å². The van der Waals surface area contributed by atoms with E-state index in [2.05, 4.69) is 15.6 Å². The molecule has 0 aliphatic carbocycles. The minimum Gasteiger partial charge on any atom is -0.296 e. The number of alkyl halides is 1. The molecule has 21 heavy (non-hydrogen) atoms. The van der Waals surface area contributed by atoms with E-state index in [1.54, 1.807) is 13.0 Å². The Hall–Kier alpha value is -1.87. The van der Waals surface area contributed by atoms with Crippen molar-refractivity contribution in [3.05, 3.63) is 59.2 Å². The number of hydrogen-bond donors (Lipinski definition) is 0. The zero-order chi connectivity index (χ0) is 15.0. The fourth-order valence-electron chi connectivity index (χ4n) is 2.54. The maximum atomic E-state index is 13.5. The average Bonchev–Trinajstić information content (AvgIpc) is 2.80. The third-order valence-electron chi connectivity index (χ3n) is 3.60. The third-order valence-corrected chi connectivity index (χ3v) is 3.79. The summed E-state index contributed by atoms with van der Waals surface area (Å²) in [6.07, 6.45) is 0.672. The zero-order valence-corrected chi connectivity index (χ0v) is 12.8. The molecule has 4 heteroatoms. The number of hydrogen-bond acceptors (Lipinski definition) is 1. The summed E-state index contributed by atoms with van der Waals surface area (Å²) >= 11 is 5.90. The molecular formula is C17H16ClFN2. The number of imidazole rings is 1. The Morgan fingerprint density at radius 1 is 1.14 bits per heavy atom. The molecule has 0 atom stereocenters. The normalized spacial score (nSPS) is 11.2. The fraction of sp³-hybridized carbons (Fsp3) is 0.235. The van der Waals surface area contributed by atoms with Crippen LogP contribution < -0.4 is 0 Å². The standard InChI is InChI=1S/C17H16ClFN2/c1-11-3-6-15-16(9-11)21(17(20-15)7-8-18)13-4-5-14(19)12(2)10-13/h3-6,9-10H,7-8H2,1-2H3. The number of aromatic nitrogens is 2. The van der Waals surface area contributed by atoms with Crippen molar-refractivity contribution in [3.63, 3.8) is 0 Å². The van der Waals surface area contributed by atoms with Crippen LogP contribution in [0.15, 0.2) is 36.4 Å². The minimum absolute atomic E-state index is 0.196. The number of fused-ring (bicyclic) bond motifs is 1. The quantitative estimate of drug-likeness (QED) is 0.648. The number of rotatable bonds is 3. The monoisotopic (exact) mass is 302 g/mol. The Kier molecular flexibility index (Phi) is 3.68. The number of nitrogens with zero attached hydrogens (tertiary/aromatic N) is 2. The van der Waals surface area contributed by atoms with Crippen molar-refractivity contribution < 1.29 is 4.39 Å². The van der Waals surface area contributed by atoms with Crippen molar-refractivity contribution in [3.8, 4) is 5.69 Å². The molecule has 0 N–H and O–H groups in total. The molecule has 2 aromatic carbocycles. The lowest BCUT2D eigenvalue weighted by atomic mass is 10.2. The molecule has 108 valence electrons. The summed E-state index contributed by atoms with van der Waals surface area (Å²) in [5, 5.41) is 0. The van der Waals surface area contributed by atoms with Gasteiger partial charge in [-0.25, -0.2) is 9.37 Å². The lowest BCUT2D eigenvalue weighted by Gasteiger charge is -2.10. The van der Waals surface area contributed by atoms with Gasteiger partial charge in [-0.1, -0.05) is 6.07 Å². The Balaban J connectivity index is 2.29. The van der Waals surface area contributed by atoms with E-state index in [9.17, 15) is 4.39 Å². The molecule has 3 aromatic rings. The van der Waals surface area contributed by atoms with Gasteiger partial charge in [-0.05, 0) is 55.3 Å². The van der Waals surface area contributed by atoms with Crippen LogP contribution in [0, 0.1) is 19.7 Å². The van der Waals surface area contributed by atoms with Crippen LogP contribution in [-0.2, 0) is 6.42 Å². The van der Waals surface area contributed by atoms with E-state index in [-0.39, 0.29) is 5.82 Å². The van der Waals surface area contributed by atoms with Gasteiger partial charge in [0.15, 0.2) is 0 Å². The molecule has 0 aliphatic rings. The molecule has 0 saturated carbocycles. The first kappa shape index (κ1) is 14.1. The fourth-order valence-corrected chi connectivity index (χ4v) is 2.71. The van der Waals surface area contributed by atoms with Crippen molar-refractivity contribution in [2.45, 2.75) is 20.3 Å². The van der Waals surface area contributed by atoms with Crippen LogP contribution in [0.4, 0.5) is 4.39 Å². The molecule has 2 nitrogen and oxygen atoms in total. The molecule has 1 heterocycles. The maximum absolute atomic E-state index is 13.5. The van der Waals surface area contributed by atoms with Crippen molar-refractivity contribution in [1.29, 1.82) is 0 Å². The molecule has 1 aromatic heterocycles. The van der Waals surface area contributed by atoms with E-state index in [4.69, 9.17) is 11.6 Å². The number of halogens is 2. The highest BCUT2D eigenvalue weighted by atomic mass is 35.5. The number of aryl methyl sites for hydroxylation is 3. The number of benzene rings is 2. The first-order valence-corrected chi connectivity index (χ1v) is 7.44. The minimum atomic E-state index is -0.196. The SMILES string of the molecule is Cc1ccc2nc(CCCl)n(-c3ccc(F)c(C)c3)c2c1. The second-order valence-electron chi connectivity index (χ2n) is 5.23. The van der Waals surface area contributed by atoms with Crippen molar-refractivity contribution in [2.75, 3.05) is 5.88 Å². The van der Waals surface area contributed by atoms with Crippen LogP contribution >= 0.6 is 11.6 Å². The van der Waals surface area contributed by atoms with Gasteiger partial charge in [0.2, 0.25) is 0 Å². The summed E-state index contributed by atoms with van der Waals surface area (Å²) in [4.78, 5) is 4.66. The van der Waals surface area contributed by atoms with Gasteiger partial charge >= 0.3 is 0 Å². The topological polar surface area (TPSA) is 17.8 Å². The summed E-state index contributed by atoms with van der Waals surface area (Å²) in [5.74, 6) is 1.21. The van der Waals surface area contributed by atoms with Gasteiger partial charge < -0.3 is 0 Å². The maximum Gasteiger partial charge on any atom is 0.126 e. The smallest absolute Gasteiger partial charge is 0.126 e. The predicted octanol–water partition coefficient (Wildman–Crippen LogP) is 4.56. The molecule has 0 unspecified atom stereocenters. The summed E-state index contributed by atoms with van der Waals surface area (Å²) in [7, 11) is 0. The zero-order valence-electron chi connectivity index (χ0n) is 12.0. The van der Waals surface area contributed by atoms with Gasteiger partial charge in [0.05, 0.1) is 11.0 Å². The van der Waals surface area contributed by atoms with Crippen LogP contribution in [0.5, 0.6) is 0 Å². The second-order valence-corrected chi connectivity index (χ2v) is 5.61. The summed E-state index contributed by atoms with van der Waals surface area (Å²) in [6.45, 7) is 3.82. The summed E-state index contributed by atoms with van der Waals surface area (Å²) < 4.78 is 15.6. The van der Waals surface area contributed by atoms with E-state index in [1.807, 2.05) is 25.1 Å². The highest BCUT2D eigenvalue weighted by Gasteiger charge is 2.13. The second kappa shape index (κ2) is 5.49. The molecule has 0 aliphatic heterocycles. The summed E-state index contributed by atoms with van der Waals surface area (Å²) in [6, 6.07) is 11.3. The van der Waals surface area contributed by atoms with Gasteiger partial charge in [0.25, 0.3) is 0 Å². The molecule has 0 fully saturated rings. The van der Waals surface area contributed by atoms with Crippen molar-refractivity contribution in [1.82, 2.24) is 9.55 Å². The molecule has 0 bridgehead atoms. The largest absolute Gasteiger partial charge is 0.296 e. The molecule has 0 amide bonds. The highest BCUT2D eigenvalue weighted by Crippen LogP contribution is 2.24. The van der Waals surface area contributed by atoms with Crippen molar-refractivity contribution in [2.24, 2.45) is 0 Å². The van der Waals surface area contributed by atoms with Crippen LogP contribution in [0.3, 0.4) is 0 Å². The van der Waals surface area contributed by atoms with Gasteiger partial charge in [0, 0.05) is 18.0 Å². The molecular weight excluding hydrogens is 287 g/mol. The van der Waals surface area contributed by atoms with Gasteiger partial charge in [-0.15, -0.1) is 11.6 Å². The van der Waals surface area contributed by atoms with Gasteiger partial charge in [-0.2, -0.15) is 0 Å². The van der Waals surface area contributed by atoms with Crippen molar-refractivity contribution >= 4 is 22.6 Å². The predicted molar refractivity (Wildman–Crippen MR) is 84.9 cm³/mol. The first-order valence-electron chi connectivity index (χ1n) is 6.90. The van der Waals surface area contributed by atoms with E-state index in [1.165, 1.54) is 11.6 Å². The Morgan fingerprint density at radius 3 is 2.67 bits per heavy atom. The lowest BCUT2D eigenvalue weighted by Crippen LogP contribution is -2.03. The van der Waals surface area contributed by atoms with Crippen LogP contribution in [0.25, 0.3) is 16.7 Å². The lowest BCUT2D eigenvalue weighted by molar-refractivity contribution is 0.618. The first-order chi connectivity index (χ1) is 10.1. The Labute approximate surface area is 128 Å². The van der Waals surface area contributed by atoms with E-state index >= 15 is 0 Å². The van der Waals surface area contributed by atoms with E-state index < -0.39 is 0 Å². The van der Waals surface area contributed by atoms with Gasteiger partial charge in [0.1, 0.15) is 11.6 Å². The highest BCUT2D eigenvalue weighted by molar-refractivity contribution is 6.17. The Morgan fingerprint density at radius 2 is 1.95 bits per heavy atom. The molecule has 0 radical (unpaired) electrons. The molecule has 0 spiro atoms. The average molecular weight is 303 g/mol. The summed E-state index contributed by atoms with van der Waals surface area (Å²) in [5.41, 5.74) is 4.67. The van der Waals surface area contributed by atoms with Crippen LogP contribution in [-0.4, -0.2) is 15.4 Å². The Bertz CT molecular complexity index is 808. The van der Waals surface area contributed by atoms with E-state index in [0.29, 0.717) is 17.9 Å². The van der Waals surface area contributed by atoms with E-state index in [0.717, 1.165) is 22.5 Å². The molecule has 3 rings (SSSR count). The van der Waals surface area contributed by atoms with Crippen LogP contribution in [0.1, 0.15) is 17.0 Å².